The SMILES string of the molecule is CC1CCCCN1S(=O)(=O)NCC1(CN)CC1. The van der Waals surface area contributed by atoms with Gasteiger partial charge >= 0.3 is 0 Å². The second-order valence-corrected chi connectivity index (χ2v) is 7.19. The molecule has 0 aromatic heterocycles. The van der Waals surface area contributed by atoms with Crippen LogP contribution in [0.3, 0.4) is 0 Å². The number of piperidine rings is 1. The fourth-order valence-electron chi connectivity index (χ4n) is 2.39. The topological polar surface area (TPSA) is 75.4 Å². The second-order valence-electron chi connectivity index (χ2n) is 5.49. The van der Waals surface area contributed by atoms with Crippen LogP contribution in [0, 0.1) is 5.41 Å². The van der Waals surface area contributed by atoms with Crippen LogP contribution >= 0.6 is 0 Å². The second kappa shape index (κ2) is 4.84. The highest BCUT2D eigenvalue weighted by Gasteiger charge is 2.42. The first-order chi connectivity index (χ1) is 7.99. The third-order valence-corrected chi connectivity index (χ3v) is 5.74. The van der Waals surface area contributed by atoms with E-state index in [1.165, 1.54) is 0 Å². The number of nitrogens with zero attached hydrogens (tertiary/aromatic N) is 1. The van der Waals surface area contributed by atoms with Gasteiger partial charge in [-0.3, -0.25) is 0 Å². The molecule has 2 aliphatic rings. The van der Waals surface area contributed by atoms with Crippen molar-refractivity contribution in [2.24, 2.45) is 11.1 Å². The van der Waals surface area contributed by atoms with E-state index in [1.54, 1.807) is 4.31 Å². The van der Waals surface area contributed by atoms with Crippen molar-refractivity contribution in [3.8, 4) is 0 Å². The van der Waals surface area contributed by atoms with Crippen molar-refractivity contribution in [2.75, 3.05) is 19.6 Å². The van der Waals surface area contributed by atoms with Gasteiger partial charge in [0.1, 0.15) is 0 Å². The van der Waals surface area contributed by atoms with Gasteiger partial charge in [-0.05, 0) is 44.6 Å². The molecule has 3 N–H and O–H groups in total. The van der Waals surface area contributed by atoms with Crippen LogP contribution in [0.4, 0.5) is 0 Å². The van der Waals surface area contributed by atoms with E-state index in [2.05, 4.69) is 4.72 Å². The van der Waals surface area contributed by atoms with Crippen molar-refractivity contribution in [3.05, 3.63) is 0 Å². The predicted molar refractivity (Wildman–Crippen MR) is 67.7 cm³/mol. The fourth-order valence-corrected chi connectivity index (χ4v) is 3.99. The summed E-state index contributed by atoms with van der Waals surface area (Å²) in [6.45, 7) is 3.69. The number of hydrogen-bond donors (Lipinski definition) is 2. The molecule has 1 saturated carbocycles. The first-order valence-electron chi connectivity index (χ1n) is 6.46. The molecule has 0 bridgehead atoms. The average Bonchev–Trinajstić information content (AvgIpc) is 3.08. The molecule has 100 valence electrons. The number of nitrogens with two attached hydrogens (primary N) is 1. The summed E-state index contributed by atoms with van der Waals surface area (Å²) in [6.07, 6.45) is 5.14. The average molecular weight is 261 g/mol. The first-order valence-corrected chi connectivity index (χ1v) is 7.90. The van der Waals surface area contributed by atoms with Crippen molar-refractivity contribution < 1.29 is 8.42 Å². The molecule has 1 heterocycles. The van der Waals surface area contributed by atoms with Crippen molar-refractivity contribution >= 4 is 10.2 Å². The molecule has 17 heavy (non-hydrogen) atoms. The van der Waals surface area contributed by atoms with Crippen molar-refractivity contribution in [1.29, 1.82) is 0 Å². The minimum atomic E-state index is -3.31. The van der Waals surface area contributed by atoms with E-state index in [-0.39, 0.29) is 11.5 Å². The van der Waals surface area contributed by atoms with Gasteiger partial charge in [0.2, 0.25) is 0 Å². The third kappa shape index (κ3) is 2.99. The lowest BCUT2D eigenvalue weighted by atomic mass is 10.1. The van der Waals surface area contributed by atoms with Crippen LogP contribution in [-0.2, 0) is 10.2 Å². The van der Waals surface area contributed by atoms with Gasteiger partial charge in [0.25, 0.3) is 10.2 Å². The number of rotatable bonds is 5. The van der Waals surface area contributed by atoms with Gasteiger partial charge in [-0.15, -0.1) is 0 Å². The minimum absolute atomic E-state index is 0.0477. The Balaban J connectivity index is 1.93. The normalized spacial score (nSPS) is 29.2. The minimum Gasteiger partial charge on any atom is -0.330 e. The van der Waals surface area contributed by atoms with E-state index in [0.717, 1.165) is 32.1 Å². The Morgan fingerprint density at radius 3 is 2.65 bits per heavy atom. The van der Waals surface area contributed by atoms with Gasteiger partial charge in [0, 0.05) is 19.1 Å². The Labute approximate surface area is 104 Å². The fraction of sp³-hybridized carbons (Fsp3) is 1.00. The molecular weight excluding hydrogens is 238 g/mol. The lowest BCUT2D eigenvalue weighted by Crippen LogP contribution is -2.49. The van der Waals surface area contributed by atoms with Gasteiger partial charge in [0.15, 0.2) is 0 Å². The molecule has 5 nitrogen and oxygen atoms in total. The Kier molecular flexibility index (Phi) is 3.77. The Hall–Kier alpha value is -0.170. The highest BCUT2D eigenvalue weighted by molar-refractivity contribution is 7.87. The van der Waals surface area contributed by atoms with Crippen molar-refractivity contribution in [3.63, 3.8) is 0 Å². The maximum absolute atomic E-state index is 12.2. The van der Waals surface area contributed by atoms with Crippen LogP contribution in [0.15, 0.2) is 0 Å². The third-order valence-electron chi connectivity index (χ3n) is 4.07. The van der Waals surface area contributed by atoms with Gasteiger partial charge in [0.05, 0.1) is 0 Å². The smallest absolute Gasteiger partial charge is 0.279 e. The predicted octanol–water partition coefficient (Wildman–Crippen LogP) is 0.434. The molecule has 0 radical (unpaired) electrons. The zero-order valence-corrected chi connectivity index (χ0v) is 11.3. The lowest BCUT2D eigenvalue weighted by molar-refractivity contribution is 0.264. The lowest BCUT2D eigenvalue weighted by Gasteiger charge is -2.32. The Bertz CT molecular complexity index is 365. The van der Waals surface area contributed by atoms with Crippen LogP contribution in [0.2, 0.25) is 0 Å². The monoisotopic (exact) mass is 261 g/mol. The van der Waals surface area contributed by atoms with Crippen LogP contribution < -0.4 is 10.5 Å². The molecule has 1 saturated heterocycles. The molecule has 1 unspecified atom stereocenters. The van der Waals surface area contributed by atoms with E-state index in [4.69, 9.17) is 5.73 Å². The van der Waals surface area contributed by atoms with E-state index in [0.29, 0.717) is 19.6 Å². The van der Waals surface area contributed by atoms with Gasteiger partial charge in [-0.25, -0.2) is 4.72 Å². The van der Waals surface area contributed by atoms with Crippen molar-refractivity contribution in [2.45, 2.75) is 45.1 Å². The maximum Gasteiger partial charge on any atom is 0.279 e. The summed E-state index contributed by atoms with van der Waals surface area (Å²) in [4.78, 5) is 0. The molecule has 0 aromatic rings. The largest absolute Gasteiger partial charge is 0.330 e. The zero-order chi connectivity index (χ0) is 12.5. The first kappa shape index (κ1) is 13.3. The molecule has 1 atom stereocenters. The van der Waals surface area contributed by atoms with Crippen LogP contribution in [0.5, 0.6) is 0 Å². The molecular formula is C11H23N3O2S. The molecule has 0 aromatic carbocycles. The van der Waals surface area contributed by atoms with E-state index in [1.807, 2.05) is 6.92 Å². The molecule has 1 aliphatic heterocycles. The zero-order valence-electron chi connectivity index (χ0n) is 10.5. The van der Waals surface area contributed by atoms with E-state index in [9.17, 15) is 8.42 Å². The van der Waals surface area contributed by atoms with E-state index >= 15 is 0 Å². The summed E-state index contributed by atoms with van der Waals surface area (Å²) in [7, 11) is -3.31. The molecule has 6 heteroatoms. The molecule has 0 spiro atoms. The number of nitrogens with one attached hydrogen (secondary N) is 1. The number of hydrogen-bond acceptors (Lipinski definition) is 3. The molecule has 0 amide bonds. The van der Waals surface area contributed by atoms with Gasteiger partial charge < -0.3 is 5.73 Å². The molecule has 2 rings (SSSR count). The van der Waals surface area contributed by atoms with Crippen LogP contribution in [0.1, 0.15) is 39.0 Å². The maximum atomic E-state index is 12.2. The molecule has 2 fully saturated rings. The Morgan fingerprint density at radius 1 is 1.41 bits per heavy atom. The standard InChI is InChI=1S/C11H23N3O2S/c1-10-4-2-3-7-14(10)17(15,16)13-9-11(8-12)5-6-11/h10,13H,2-9,12H2,1H3. The Morgan fingerprint density at radius 2 is 2.12 bits per heavy atom. The van der Waals surface area contributed by atoms with Crippen LogP contribution in [0.25, 0.3) is 0 Å². The van der Waals surface area contributed by atoms with Gasteiger partial charge in [-0.1, -0.05) is 6.42 Å². The highest BCUT2D eigenvalue weighted by Crippen LogP contribution is 2.43. The highest BCUT2D eigenvalue weighted by atomic mass is 32.2. The summed E-state index contributed by atoms with van der Waals surface area (Å²) < 4.78 is 28.7. The summed E-state index contributed by atoms with van der Waals surface area (Å²) >= 11 is 0. The summed E-state index contributed by atoms with van der Waals surface area (Å²) in [5.41, 5.74) is 5.70. The van der Waals surface area contributed by atoms with E-state index < -0.39 is 10.2 Å². The summed E-state index contributed by atoms with van der Waals surface area (Å²) in [5, 5.41) is 0. The van der Waals surface area contributed by atoms with Crippen molar-refractivity contribution in [1.82, 2.24) is 9.03 Å². The van der Waals surface area contributed by atoms with Gasteiger partial charge in [-0.2, -0.15) is 12.7 Å². The van der Waals surface area contributed by atoms with Crippen LogP contribution in [-0.4, -0.2) is 38.4 Å². The summed E-state index contributed by atoms with van der Waals surface area (Å²) in [5.74, 6) is 0. The quantitative estimate of drug-likeness (QED) is 0.754. The summed E-state index contributed by atoms with van der Waals surface area (Å²) in [6, 6.07) is 0.120. The molecule has 1 aliphatic carbocycles.